The predicted molar refractivity (Wildman–Crippen MR) is 247 cm³/mol. The maximum atomic E-state index is 6.51. The highest BCUT2D eigenvalue weighted by Crippen LogP contribution is 2.49. The molecule has 2 heterocycles. The zero-order valence-corrected chi connectivity index (χ0v) is 33.1. The van der Waals surface area contributed by atoms with Gasteiger partial charge in [-0.05, 0) is 102 Å². The van der Waals surface area contributed by atoms with Crippen LogP contribution in [-0.4, -0.2) is 15.0 Å². The summed E-state index contributed by atoms with van der Waals surface area (Å²) in [5.74, 6) is 1.91. The van der Waals surface area contributed by atoms with Crippen LogP contribution in [0, 0.1) is 0 Å². The van der Waals surface area contributed by atoms with Crippen LogP contribution in [0.25, 0.3) is 111 Å². The molecule has 4 nitrogen and oxygen atoms in total. The minimum Gasteiger partial charge on any atom is -0.456 e. The van der Waals surface area contributed by atoms with Gasteiger partial charge in [0, 0.05) is 32.9 Å². The monoisotopic (exact) mass is 767 g/mol. The van der Waals surface area contributed by atoms with E-state index < -0.39 is 0 Å². The van der Waals surface area contributed by atoms with Crippen molar-refractivity contribution in [2.75, 3.05) is 0 Å². The molecule has 0 bridgehead atoms. The van der Waals surface area contributed by atoms with Gasteiger partial charge in [-0.1, -0.05) is 166 Å². The molecule has 1 aliphatic carbocycles. The Morgan fingerprint density at radius 1 is 0.350 bits per heavy atom. The SMILES string of the molecule is CC1(C)c2ccccc2-c2cc(-c3nc(-c4ccccc4)nc(-c4cccc(-c5cccc6oc7ccc(-c8ccc9ccc%10ccccc%10c9c8)cc7c56)c4)n3)ccc21. The van der Waals surface area contributed by atoms with E-state index in [9.17, 15) is 0 Å². The molecular weight excluding hydrogens is 731 g/mol. The van der Waals surface area contributed by atoms with Crippen LogP contribution in [0.15, 0.2) is 192 Å². The van der Waals surface area contributed by atoms with E-state index >= 15 is 0 Å². The van der Waals surface area contributed by atoms with Crippen LogP contribution in [-0.2, 0) is 5.41 Å². The molecule has 2 aromatic heterocycles. The van der Waals surface area contributed by atoms with Crippen molar-refractivity contribution < 1.29 is 4.42 Å². The van der Waals surface area contributed by atoms with E-state index in [1.807, 2.05) is 18.2 Å². The van der Waals surface area contributed by atoms with Crippen molar-refractivity contribution >= 4 is 43.5 Å². The zero-order valence-electron chi connectivity index (χ0n) is 33.1. The van der Waals surface area contributed by atoms with Crippen molar-refractivity contribution in [3.8, 4) is 67.5 Å². The first-order chi connectivity index (χ1) is 29.5. The molecule has 0 spiro atoms. The molecule has 0 N–H and O–H groups in total. The lowest BCUT2D eigenvalue weighted by atomic mass is 9.82. The summed E-state index contributed by atoms with van der Waals surface area (Å²) >= 11 is 0. The largest absolute Gasteiger partial charge is 0.456 e. The number of hydrogen-bond donors (Lipinski definition) is 0. The van der Waals surface area contributed by atoms with Crippen molar-refractivity contribution in [3.63, 3.8) is 0 Å². The van der Waals surface area contributed by atoms with E-state index in [0.717, 1.165) is 55.3 Å². The van der Waals surface area contributed by atoms with E-state index in [4.69, 9.17) is 19.4 Å². The average molecular weight is 768 g/mol. The molecule has 11 aromatic rings. The lowest BCUT2D eigenvalue weighted by molar-refractivity contribution is 0.660. The minimum absolute atomic E-state index is 0.0825. The van der Waals surface area contributed by atoms with Gasteiger partial charge < -0.3 is 4.42 Å². The molecule has 0 aliphatic heterocycles. The van der Waals surface area contributed by atoms with Gasteiger partial charge in [0.05, 0.1) is 0 Å². The number of benzene rings is 9. The standard InChI is InChI=1S/C56H37N3O/c1-56(2)48-20-9-8-18-44(48)46-33-41(26-28-49(46)56)55-58-53(36-13-4-3-5-14-36)57-54(59-55)40-16-10-15-39(30-40)43-19-11-21-51-52(43)47-32-38(27-29-50(47)60-51)37-25-24-35-23-22-34-12-6-7-17-42(34)45(35)31-37/h3-33H,1-2H3. The Hall–Kier alpha value is -7.69. The van der Waals surface area contributed by atoms with Crippen LogP contribution in [0.4, 0.5) is 0 Å². The minimum atomic E-state index is -0.0825. The lowest BCUT2D eigenvalue weighted by Gasteiger charge is -2.21. The molecule has 0 saturated carbocycles. The van der Waals surface area contributed by atoms with Crippen LogP contribution in [0.5, 0.6) is 0 Å². The first-order valence-corrected chi connectivity index (χ1v) is 20.5. The third-order valence-electron chi connectivity index (χ3n) is 12.5. The van der Waals surface area contributed by atoms with Crippen LogP contribution >= 0.6 is 0 Å². The molecule has 0 unspecified atom stereocenters. The fourth-order valence-corrected chi connectivity index (χ4v) is 9.46. The third-order valence-corrected chi connectivity index (χ3v) is 12.5. The average Bonchev–Trinajstić information content (AvgIpc) is 3.80. The van der Waals surface area contributed by atoms with Crippen molar-refractivity contribution in [3.05, 3.63) is 199 Å². The number of hydrogen-bond acceptors (Lipinski definition) is 4. The Kier molecular flexibility index (Phi) is 7.54. The molecular formula is C56H37N3O. The molecule has 1 aliphatic rings. The first-order valence-electron chi connectivity index (χ1n) is 20.5. The van der Waals surface area contributed by atoms with E-state index in [-0.39, 0.29) is 5.41 Å². The summed E-state index contributed by atoms with van der Waals surface area (Å²) in [5.41, 5.74) is 14.1. The van der Waals surface area contributed by atoms with E-state index in [1.54, 1.807) is 0 Å². The topological polar surface area (TPSA) is 51.8 Å². The van der Waals surface area contributed by atoms with Crippen molar-refractivity contribution in [2.24, 2.45) is 0 Å². The van der Waals surface area contributed by atoms with E-state index in [1.165, 1.54) is 49.4 Å². The Morgan fingerprint density at radius 2 is 0.933 bits per heavy atom. The molecule has 0 atom stereocenters. The molecule has 0 saturated heterocycles. The highest BCUT2D eigenvalue weighted by atomic mass is 16.3. The molecule has 282 valence electrons. The summed E-state index contributed by atoms with van der Waals surface area (Å²) in [4.78, 5) is 15.4. The number of fused-ring (bicyclic) bond motifs is 9. The first kappa shape index (κ1) is 34.4. The summed E-state index contributed by atoms with van der Waals surface area (Å²) in [6.07, 6.45) is 0. The number of aromatic nitrogens is 3. The van der Waals surface area contributed by atoms with Crippen LogP contribution in [0.3, 0.4) is 0 Å². The van der Waals surface area contributed by atoms with Gasteiger partial charge in [-0.3, -0.25) is 0 Å². The van der Waals surface area contributed by atoms with Crippen LogP contribution in [0.2, 0.25) is 0 Å². The maximum absolute atomic E-state index is 6.51. The van der Waals surface area contributed by atoms with Gasteiger partial charge in [0.2, 0.25) is 0 Å². The van der Waals surface area contributed by atoms with Crippen molar-refractivity contribution in [1.82, 2.24) is 15.0 Å². The second-order valence-electron chi connectivity index (χ2n) is 16.4. The molecule has 0 fully saturated rings. The van der Waals surface area contributed by atoms with Gasteiger partial charge in [-0.2, -0.15) is 0 Å². The van der Waals surface area contributed by atoms with Gasteiger partial charge in [0.15, 0.2) is 17.5 Å². The fourth-order valence-electron chi connectivity index (χ4n) is 9.46. The van der Waals surface area contributed by atoms with Crippen molar-refractivity contribution in [1.29, 1.82) is 0 Å². The van der Waals surface area contributed by atoms with Crippen molar-refractivity contribution in [2.45, 2.75) is 19.3 Å². The highest BCUT2D eigenvalue weighted by molar-refractivity contribution is 6.14. The molecule has 9 aromatic carbocycles. The zero-order chi connectivity index (χ0) is 40.0. The Balaban J connectivity index is 0.985. The summed E-state index contributed by atoms with van der Waals surface area (Å²) < 4.78 is 6.51. The quantitative estimate of drug-likeness (QED) is 0.164. The number of rotatable bonds is 5. The Bertz CT molecular complexity index is 3530. The summed E-state index contributed by atoms with van der Waals surface area (Å²) in [6, 6.07) is 66.8. The molecule has 4 heteroatoms. The molecule has 12 rings (SSSR count). The van der Waals surface area contributed by atoms with Crippen LogP contribution < -0.4 is 0 Å². The summed E-state index contributed by atoms with van der Waals surface area (Å²) in [6.45, 7) is 4.61. The van der Waals surface area contributed by atoms with Gasteiger partial charge in [0.25, 0.3) is 0 Å². The van der Waals surface area contributed by atoms with E-state index in [0.29, 0.717) is 17.5 Å². The fraction of sp³-hybridized carbons (Fsp3) is 0.0536. The van der Waals surface area contributed by atoms with Gasteiger partial charge in [0.1, 0.15) is 11.2 Å². The number of furan rings is 1. The van der Waals surface area contributed by atoms with Gasteiger partial charge in [-0.15, -0.1) is 0 Å². The molecule has 0 amide bonds. The second kappa shape index (κ2) is 13.2. The third kappa shape index (κ3) is 5.41. The normalized spacial score (nSPS) is 13.0. The summed E-state index contributed by atoms with van der Waals surface area (Å²) in [7, 11) is 0. The second-order valence-corrected chi connectivity index (χ2v) is 16.4. The molecule has 60 heavy (non-hydrogen) atoms. The Morgan fingerprint density at radius 3 is 1.78 bits per heavy atom. The highest BCUT2D eigenvalue weighted by Gasteiger charge is 2.35. The maximum Gasteiger partial charge on any atom is 0.164 e. The lowest BCUT2D eigenvalue weighted by Crippen LogP contribution is -2.14. The van der Waals surface area contributed by atoms with Crippen LogP contribution in [0.1, 0.15) is 25.0 Å². The molecule has 0 radical (unpaired) electrons. The van der Waals surface area contributed by atoms with E-state index in [2.05, 4.69) is 184 Å². The predicted octanol–water partition coefficient (Wildman–Crippen LogP) is 14.7. The number of nitrogens with zero attached hydrogens (tertiary/aromatic N) is 3. The van der Waals surface area contributed by atoms with Gasteiger partial charge in [-0.25, -0.2) is 15.0 Å². The Labute approximate surface area is 347 Å². The smallest absolute Gasteiger partial charge is 0.164 e. The summed E-state index contributed by atoms with van der Waals surface area (Å²) in [5, 5.41) is 7.16. The van der Waals surface area contributed by atoms with Gasteiger partial charge >= 0.3 is 0 Å².